The van der Waals surface area contributed by atoms with Gasteiger partial charge in [-0.2, -0.15) is 4.99 Å². The third-order valence-electron chi connectivity index (χ3n) is 4.23. The molecule has 0 aromatic heterocycles. The Hall–Kier alpha value is -1.39. The summed E-state index contributed by atoms with van der Waals surface area (Å²) in [6, 6.07) is 19.8. The van der Waals surface area contributed by atoms with E-state index in [4.69, 9.17) is 0 Å². The second-order valence-electron chi connectivity index (χ2n) is 6.10. The molecule has 1 aliphatic rings. The van der Waals surface area contributed by atoms with Gasteiger partial charge in [0, 0.05) is 18.9 Å². The van der Waals surface area contributed by atoms with Gasteiger partial charge in [-0.05, 0) is 18.6 Å². The molecule has 0 saturated carbocycles. The molecule has 2 aromatic rings. The van der Waals surface area contributed by atoms with Gasteiger partial charge in [0.05, 0.1) is 19.1 Å². The number of hydrogen-bond acceptors (Lipinski definition) is 1. The molecule has 0 fully saturated rings. The van der Waals surface area contributed by atoms with Crippen molar-refractivity contribution in [1.29, 1.82) is 0 Å². The standard InChI is InChI=1S/C19H23N3.2ClH/c1-16(14-17-8-3-2-4-9-17)20-12-7-13-22-15-21-18-10-5-6-11-19(18)22;;/h2-6,8-11,15-16,20H,7,12-14H2,1H3;2*1H. The van der Waals surface area contributed by atoms with Crippen LogP contribution in [0.25, 0.3) is 0 Å². The number of rotatable bonds is 7. The Labute approximate surface area is 157 Å². The summed E-state index contributed by atoms with van der Waals surface area (Å²) in [6.07, 6.45) is 4.38. The largest absolute Gasteiger partial charge is 1.00 e. The van der Waals surface area contributed by atoms with Crippen molar-refractivity contribution in [3.05, 3.63) is 60.2 Å². The number of fused-ring (bicyclic) bond motifs is 1. The van der Waals surface area contributed by atoms with Crippen molar-refractivity contribution in [2.75, 3.05) is 13.1 Å². The Bertz CT molecular complexity index is 632. The summed E-state index contributed by atoms with van der Waals surface area (Å²) in [5, 5.41) is 2.46. The summed E-state index contributed by atoms with van der Waals surface area (Å²) in [5.74, 6) is 0. The van der Waals surface area contributed by atoms with E-state index in [9.17, 15) is 0 Å². The molecular weight excluding hydrogens is 341 g/mol. The molecular formula is C19H25Cl2N3. The number of para-hydroxylation sites is 2. The van der Waals surface area contributed by atoms with E-state index < -0.39 is 0 Å². The summed E-state index contributed by atoms with van der Waals surface area (Å²) < 4.78 is 0. The molecule has 1 aliphatic heterocycles. The first-order valence-electron chi connectivity index (χ1n) is 8.19. The van der Waals surface area contributed by atoms with Gasteiger partial charge in [-0.15, -0.1) is 0 Å². The van der Waals surface area contributed by atoms with E-state index in [0.717, 1.165) is 18.7 Å². The lowest BCUT2D eigenvalue weighted by Crippen LogP contribution is -3.05. The van der Waals surface area contributed by atoms with Crippen LogP contribution in [0.15, 0.2) is 59.6 Å². The maximum Gasteiger partial charge on any atom is 0.194 e. The zero-order valence-corrected chi connectivity index (χ0v) is 15.5. The van der Waals surface area contributed by atoms with Gasteiger partial charge in [-0.25, -0.2) is 0 Å². The van der Waals surface area contributed by atoms with Crippen LogP contribution in [-0.4, -0.2) is 25.5 Å². The van der Waals surface area contributed by atoms with Crippen LogP contribution in [0.2, 0.25) is 0 Å². The van der Waals surface area contributed by atoms with Gasteiger partial charge in [0.25, 0.3) is 0 Å². The van der Waals surface area contributed by atoms with Gasteiger partial charge < -0.3 is 30.1 Å². The van der Waals surface area contributed by atoms with Gasteiger partial charge in [0.1, 0.15) is 5.69 Å². The average molecular weight is 366 g/mol. The summed E-state index contributed by atoms with van der Waals surface area (Å²) in [6.45, 7) is 4.61. The van der Waals surface area contributed by atoms with Crippen LogP contribution < -0.4 is 35.0 Å². The third-order valence-corrected chi connectivity index (χ3v) is 4.23. The van der Waals surface area contributed by atoms with Crippen molar-refractivity contribution in [3.63, 3.8) is 0 Å². The molecule has 2 unspecified atom stereocenters. The normalized spacial score (nSPS) is 16.0. The fraction of sp³-hybridized carbons (Fsp3) is 0.316. The maximum atomic E-state index is 4.48. The Morgan fingerprint density at radius 2 is 1.71 bits per heavy atom. The number of quaternary nitrogens is 2. The van der Waals surface area contributed by atoms with Crippen molar-refractivity contribution in [1.82, 2.24) is 0 Å². The molecule has 0 bridgehead atoms. The Balaban J connectivity index is 0.00000144. The molecule has 5 heteroatoms. The van der Waals surface area contributed by atoms with Gasteiger partial charge in [-0.3, -0.25) is 4.90 Å². The number of nitrogens with one attached hydrogen (secondary N) is 1. The summed E-state index contributed by atoms with van der Waals surface area (Å²) in [5.41, 5.74) is 3.87. The van der Waals surface area contributed by atoms with Crippen molar-refractivity contribution in [2.45, 2.75) is 25.8 Å². The van der Waals surface area contributed by atoms with Gasteiger partial charge in [0.2, 0.25) is 0 Å². The summed E-state index contributed by atoms with van der Waals surface area (Å²) in [7, 11) is 0. The first-order valence-corrected chi connectivity index (χ1v) is 8.19. The third kappa shape index (κ3) is 5.60. The molecule has 2 aromatic carbocycles. The van der Waals surface area contributed by atoms with Gasteiger partial charge >= 0.3 is 0 Å². The highest BCUT2D eigenvalue weighted by molar-refractivity contribution is 5.71. The fourth-order valence-corrected chi connectivity index (χ4v) is 3.04. The predicted octanol–water partition coefficient (Wildman–Crippen LogP) is -4.53. The molecule has 1 heterocycles. The average Bonchev–Trinajstić information content (AvgIpc) is 2.96. The van der Waals surface area contributed by atoms with Crippen LogP contribution in [-0.2, 0) is 6.42 Å². The lowest BCUT2D eigenvalue weighted by Gasteiger charge is -2.12. The number of hydrogen-bond donors (Lipinski definition) is 2. The second kappa shape index (κ2) is 10.5. The van der Waals surface area contributed by atoms with Crippen molar-refractivity contribution < 1.29 is 35.0 Å². The highest BCUT2D eigenvalue weighted by Gasteiger charge is 2.20. The van der Waals surface area contributed by atoms with Crippen molar-refractivity contribution >= 4 is 17.7 Å². The Morgan fingerprint density at radius 1 is 1.00 bits per heavy atom. The van der Waals surface area contributed by atoms with E-state index >= 15 is 0 Å². The molecule has 0 amide bonds. The van der Waals surface area contributed by atoms with Crippen LogP contribution in [0.5, 0.6) is 0 Å². The molecule has 0 saturated heterocycles. The number of nitrogens with two attached hydrogens (primary N) is 1. The Kier molecular flexibility index (Phi) is 9.01. The van der Waals surface area contributed by atoms with Gasteiger partial charge in [-0.1, -0.05) is 42.5 Å². The van der Waals surface area contributed by atoms with Crippen LogP contribution in [0.1, 0.15) is 18.9 Å². The minimum atomic E-state index is 0. The second-order valence-corrected chi connectivity index (χ2v) is 6.10. The summed E-state index contributed by atoms with van der Waals surface area (Å²) in [4.78, 5) is 5.87. The Morgan fingerprint density at radius 3 is 2.50 bits per heavy atom. The van der Waals surface area contributed by atoms with E-state index in [1.165, 1.54) is 29.1 Å². The van der Waals surface area contributed by atoms with E-state index in [2.05, 4.69) is 71.8 Å². The zero-order chi connectivity index (χ0) is 15.2. The number of nitrogens with zero attached hydrogens (tertiary/aromatic N) is 1. The highest BCUT2D eigenvalue weighted by Crippen LogP contribution is 2.22. The fourth-order valence-electron chi connectivity index (χ4n) is 3.04. The topological polar surface area (TPSA) is 33.4 Å². The molecule has 0 radical (unpaired) electrons. The molecule has 0 aliphatic carbocycles. The highest BCUT2D eigenvalue weighted by atomic mass is 35.5. The lowest BCUT2D eigenvalue weighted by atomic mass is 10.1. The quantitative estimate of drug-likeness (QED) is 0.463. The minimum absolute atomic E-state index is 0. The molecule has 3 nitrogen and oxygen atoms in total. The minimum Gasteiger partial charge on any atom is -1.00 e. The molecule has 2 atom stereocenters. The number of benzene rings is 2. The van der Waals surface area contributed by atoms with Gasteiger partial charge in [0.15, 0.2) is 12.0 Å². The van der Waals surface area contributed by atoms with E-state index in [1.807, 2.05) is 6.34 Å². The molecule has 3 rings (SSSR count). The number of aliphatic imine (C=N–C) groups is 1. The van der Waals surface area contributed by atoms with E-state index in [1.54, 1.807) is 0 Å². The van der Waals surface area contributed by atoms with Crippen LogP contribution in [0.3, 0.4) is 0 Å². The monoisotopic (exact) mass is 365 g/mol. The van der Waals surface area contributed by atoms with Crippen LogP contribution >= 0.6 is 0 Å². The number of halogens is 2. The summed E-state index contributed by atoms with van der Waals surface area (Å²) >= 11 is 0. The lowest BCUT2D eigenvalue weighted by molar-refractivity contribution is -0.732. The SMILES string of the molecule is CC(Cc1ccccc1)[NH2+]CCC[NH+]1C=Nc2ccccc21.[Cl-].[Cl-]. The first kappa shape index (κ1) is 20.7. The predicted molar refractivity (Wildman–Crippen MR) is 91.1 cm³/mol. The molecule has 3 N–H and O–H groups in total. The molecule has 24 heavy (non-hydrogen) atoms. The van der Waals surface area contributed by atoms with Crippen LogP contribution in [0, 0.1) is 0 Å². The molecule has 130 valence electrons. The van der Waals surface area contributed by atoms with Crippen molar-refractivity contribution in [2.24, 2.45) is 4.99 Å². The first-order chi connectivity index (χ1) is 10.8. The molecule has 0 spiro atoms. The smallest absolute Gasteiger partial charge is 0.194 e. The van der Waals surface area contributed by atoms with E-state index in [-0.39, 0.29) is 24.8 Å². The van der Waals surface area contributed by atoms with Crippen molar-refractivity contribution in [3.8, 4) is 0 Å². The zero-order valence-electron chi connectivity index (χ0n) is 14.0. The van der Waals surface area contributed by atoms with Crippen LogP contribution in [0.4, 0.5) is 11.4 Å². The van der Waals surface area contributed by atoms with E-state index in [0.29, 0.717) is 6.04 Å². The maximum absolute atomic E-state index is 4.48.